The Morgan fingerprint density at radius 1 is 1.34 bits per heavy atom. The summed E-state index contributed by atoms with van der Waals surface area (Å²) >= 11 is 5.99. The number of hydrogen-bond acceptors (Lipinski definition) is 12. The first-order valence-electron chi connectivity index (χ1n) is 11.4. The monoisotopic (exact) mass is 562 g/mol. The molecule has 2 N–H and O–H groups in total. The number of nitrogens with two attached hydrogens (primary N) is 1. The number of fused-ring (bicyclic) bond motifs is 1. The molecular weight excluding hydrogens is 539 g/mol. The number of esters is 1. The average Bonchev–Trinajstić information content (AvgIpc) is 3.50. The van der Waals surface area contributed by atoms with Crippen LogP contribution < -0.4 is 5.73 Å². The highest BCUT2D eigenvalue weighted by Crippen LogP contribution is 2.53. The molecule has 200 valence electrons. The molecule has 1 aliphatic rings. The highest BCUT2D eigenvalue weighted by molar-refractivity contribution is 7.48. The van der Waals surface area contributed by atoms with Crippen LogP contribution in [0.4, 0.5) is 5.82 Å². The molecule has 4 rings (SSSR count). The number of carbonyl (C=O) groups excluding carboxylic acids is 1. The molecule has 1 unspecified atom stereocenters. The second-order valence-electron chi connectivity index (χ2n) is 7.95. The molecule has 0 bridgehead atoms. The summed E-state index contributed by atoms with van der Waals surface area (Å²) in [4.78, 5) is 24.9. The maximum Gasteiger partial charge on any atom is 0.475 e. The molecule has 15 heteroatoms. The number of hydrogen-bond donors (Lipinski definition) is 1. The number of ether oxygens (including phenoxy) is 2. The summed E-state index contributed by atoms with van der Waals surface area (Å²) in [6.07, 6.45) is 0.348. The van der Waals surface area contributed by atoms with Gasteiger partial charge in [0.2, 0.25) is 5.28 Å². The van der Waals surface area contributed by atoms with Crippen molar-refractivity contribution in [1.29, 1.82) is 5.26 Å². The number of aromatic nitrogens is 4. The minimum atomic E-state index is -4.16. The summed E-state index contributed by atoms with van der Waals surface area (Å²) in [5.41, 5.74) is 6.89. The fourth-order valence-corrected chi connectivity index (χ4v) is 5.20. The summed E-state index contributed by atoms with van der Waals surface area (Å²) in [6.45, 7) is 2.99. The van der Waals surface area contributed by atoms with E-state index in [0.29, 0.717) is 16.7 Å². The van der Waals surface area contributed by atoms with E-state index in [-0.39, 0.29) is 43.8 Å². The number of phosphoric acid groups is 1. The number of rotatable bonds is 12. The van der Waals surface area contributed by atoms with Gasteiger partial charge in [-0.1, -0.05) is 24.3 Å². The van der Waals surface area contributed by atoms with Gasteiger partial charge in [0.15, 0.2) is 11.5 Å². The molecule has 1 aliphatic heterocycles. The van der Waals surface area contributed by atoms with Crippen molar-refractivity contribution >= 4 is 42.4 Å². The number of benzene rings is 1. The van der Waals surface area contributed by atoms with E-state index in [4.69, 9.17) is 45.6 Å². The van der Waals surface area contributed by atoms with E-state index < -0.39 is 32.2 Å². The smallest absolute Gasteiger partial charge is 0.459 e. The lowest BCUT2D eigenvalue weighted by molar-refractivity contribution is -0.0520. The van der Waals surface area contributed by atoms with Crippen molar-refractivity contribution in [3.8, 4) is 6.07 Å². The first-order valence-corrected chi connectivity index (χ1v) is 13.3. The van der Waals surface area contributed by atoms with Crippen LogP contribution in [0.1, 0.15) is 29.4 Å². The van der Waals surface area contributed by atoms with E-state index in [1.54, 1.807) is 34.9 Å². The SMILES string of the molecule is C=CCOP(=O)(OCCC#N)O[C@H]1C[C@H](n2cnc3c(N)nc(Cl)nc32)O[C@@H]1COC(=O)c1ccccc1. The summed E-state index contributed by atoms with van der Waals surface area (Å²) in [5.74, 6) is -0.487. The van der Waals surface area contributed by atoms with E-state index in [1.165, 1.54) is 12.4 Å². The zero-order chi connectivity index (χ0) is 27.1. The summed E-state index contributed by atoms with van der Waals surface area (Å²) in [7, 11) is -4.16. The van der Waals surface area contributed by atoms with Crippen molar-refractivity contribution in [3.63, 3.8) is 0 Å². The van der Waals surface area contributed by atoms with E-state index in [2.05, 4.69) is 21.5 Å². The Balaban J connectivity index is 1.58. The van der Waals surface area contributed by atoms with Gasteiger partial charge in [0.25, 0.3) is 0 Å². The molecule has 38 heavy (non-hydrogen) atoms. The van der Waals surface area contributed by atoms with Gasteiger partial charge in [-0.05, 0) is 23.7 Å². The Kier molecular flexibility index (Phi) is 9.06. The highest BCUT2D eigenvalue weighted by Gasteiger charge is 2.44. The highest BCUT2D eigenvalue weighted by atomic mass is 35.5. The lowest BCUT2D eigenvalue weighted by Crippen LogP contribution is -2.30. The van der Waals surface area contributed by atoms with Gasteiger partial charge in [-0.25, -0.2) is 14.3 Å². The van der Waals surface area contributed by atoms with E-state index in [0.717, 1.165) is 0 Å². The molecule has 1 fully saturated rings. The number of nitrogen functional groups attached to an aromatic ring is 1. The first-order chi connectivity index (χ1) is 18.3. The molecule has 0 saturated carbocycles. The minimum Gasteiger partial charge on any atom is -0.459 e. The number of anilines is 1. The van der Waals surface area contributed by atoms with Crippen molar-refractivity contribution in [3.05, 3.63) is 60.2 Å². The maximum atomic E-state index is 13.3. The van der Waals surface area contributed by atoms with Crippen molar-refractivity contribution in [2.75, 3.05) is 25.6 Å². The van der Waals surface area contributed by atoms with Crippen LogP contribution in [0.5, 0.6) is 0 Å². The topological polar surface area (TPSA) is 174 Å². The number of nitrogens with zero attached hydrogens (tertiary/aromatic N) is 5. The average molecular weight is 563 g/mol. The number of phosphoric ester groups is 1. The van der Waals surface area contributed by atoms with E-state index in [1.807, 2.05) is 6.07 Å². The van der Waals surface area contributed by atoms with Crippen LogP contribution in [-0.4, -0.2) is 57.5 Å². The molecule has 0 amide bonds. The summed E-state index contributed by atoms with van der Waals surface area (Å²) in [5, 5.41) is 8.74. The molecule has 4 atom stereocenters. The van der Waals surface area contributed by atoms with Gasteiger partial charge in [-0.2, -0.15) is 15.2 Å². The van der Waals surface area contributed by atoms with Crippen LogP contribution in [0.3, 0.4) is 0 Å². The van der Waals surface area contributed by atoms with Gasteiger partial charge in [0, 0.05) is 6.42 Å². The van der Waals surface area contributed by atoms with Crippen LogP contribution in [0.25, 0.3) is 11.2 Å². The first kappa shape index (κ1) is 27.7. The second-order valence-corrected chi connectivity index (χ2v) is 9.91. The molecule has 3 heterocycles. The second kappa shape index (κ2) is 12.4. The molecule has 2 aromatic heterocycles. The van der Waals surface area contributed by atoms with Gasteiger partial charge >= 0.3 is 13.8 Å². The Morgan fingerprint density at radius 3 is 2.87 bits per heavy atom. The zero-order valence-electron chi connectivity index (χ0n) is 20.0. The van der Waals surface area contributed by atoms with Crippen LogP contribution in [-0.2, 0) is 27.6 Å². The number of carbonyl (C=O) groups is 1. The van der Waals surface area contributed by atoms with Crippen molar-refractivity contribution in [2.45, 2.75) is 31.3 Å². The Hall–Kier alpha value is -3.37. The molecule has 0 spiro atoms. The Morgan fingerprint density at radius 2 is 2.13 bits per heavy atom. The summed E-state index contributed by atoms with van der Waals surface area (Å²) < 4.78 is 42.9. The molecule has 0 aliphatic carbocycles. The van der Waals surface area contributed by atoms with Gasteiger partial charge in [0.1, 0.15) is 30.6 Å². The fourth-order valence-electron chi connectivity index (χ4n) is 3.68. The van der Waals surface area contributed by atoms with Gasteiger partial charge in [-0.15, -0.1) is 6.58 Å². The molecule has 13 nitrogen and oxygen atoms in total. The van der Waals surface area contributed by atoms with E-state index >= 15 is 0 Å². The predicted molar refractivity (Wildman–Crippen MR) is 135 cm³/mol. The van der Waals surface area contributed by atoms with Gasteiger partial charge in [-0.3, -0.25) is 18.1 Å². The Labute approximate surface area is 222 Å². The van der Waals surface area contributed by atoms with E-state index in [9.17, 15) is 9.36 Å². The molecule has 0 radical (unpaired) electrons. The molecule has 1 aromatic carbocycles. The van der Waals surface area contributed by atoms with Gasteiger partial charge in [0.05, 0.1) is 37.6 Å². The number of imidazole rings is 1. The molecule has 3 aromatic rings. The van der Waals surface area contributed by atoms with Gasteiger partial charge < -0.3 is 15.2 Å². The lowest BCUT2D eigenvalue weighted by Gasteiger charge is -2.23. The van der Waals surface area contributed by atoms with Crippen molar-refractivity contribution in [2.24, 2.45) is 0 Å². The standard InChI is InChI=1S/C23H24ClN6O7P/c1-2-10-34-38(32,35-11-6-9-25)37-16-12-18(30-14-27-19-20(26)28-23(24)29-21(19)30)36-17(16)13-33-22(31)15-7-4-3-5-8-15/h2-5,7-8,14,16-18H,1,6,10-13H2,(H2,26,28,29)/t16-,17+,18+,38?/m0/s1. The van der Waals surface area contributed by atoms with Crippen LogP contribution in [0.2, 0.25) is 5.28 Å². The van der Waals surface area contributed by atoms with Crippen molar-refractivity contribution < 1.29 is 32.4 Å². The number of nitriles is 1. The van der Waals surface area contributed by atoms with Crippen molar-refractivity contribution in [1.82, 2.24) is 19.5 Å². The predicted octanol–water partition coefficient (Wildman–Crippen LogP) is 3.83. The van der Waals surface area contributed by atoms with Crippen LogP contribution in [0.15, 0.2) is 49.3 Å². The third kappa shape index (κ3) is 6.54. The Bertz CT molecular complexity index is 1380. The molecule has 1 saturated heterocycles. The quantitative estimate of drug-likeness (QED) is 0.111. The maximum absolute atomic E-state index is 13.3. The third-order valence-electron chi connectivity index (χ3n) is 5.38. The largest absolute Gasteiger partial charge is 0.475 e. The molecular formula is C23H24ClN6O7P. The number of halogens is 1. The third-order valence-corrected chi connectivity index (χ3v) is 7.04. The van der Waals surface area contributed by atoms with Crippen LogP contribution in [0, 0.1) is 11.3 Å². The summed E-state index contributed by atoms with van der Waals surface area (Å²) in [6, 6.07) is 10.3. The zero-order valence-corrected chi connectivity index (χ0v) is 21.7. The fraction of sp³-hybridized carbons (Fsp3) is 0.348. The lowest BCUT2D eigenvalue weighted by atomic mass is 10.2. The van der Waals surface area contributed by atoms with Crippen LogP contribution >= 0.6 is 19.4 Å². The minimum absolute atomic E-state index is 0.0321. The normalized spacial score (nSPS) is 20.6.